The van der Waals surface area contributed by atoms with Gasteiger partial charge in [0.15, 0.2) is 0 Å². The molecular weight excluding hydrogens is 458 g/mol. The van der Waals surface area contributed by atoms with Crippen LogP contribution in [0, 0.1) is 25.5 Å². The molecule has 4 aromatic carbocycles. The molecule has 0 radical (unpaired) electrons. The highest BCUT2D eigenvalue weighted by Crippen LogP contribution is 2.26. The Balaban J connectivity index is 1.74. The molecule has 6 heteroatoms. The fraction of sp³-hybridized carbons (Fsp3) is 0.133. The number of amides is 2. The van der Waals surface area contributed by atoms with Crippen LogP contribution in [0.3, 0.4) is 0 Å². The van der Waals surface area contributed by atoms with Crippen LogP contribution in [0.5, 0.6) is 0 Å². The van der Waals surface area contributed by atoms with Crippen LogP contribution in [-0.4, -0.2) is 24.9 Å². The predicted octanol–water partition coefficient (Wildman–Crippen LogP) is 6.58. The van der Waals surface area contributed by atoms with Crippen molar-refractivity contribution in [3.63, 3.8) is 0 Å². The van der Waals surface area contributed by atoms with E-state index in [2.05, 4.69) is 0 Å². The lowest BCUT2D eigenvalue weighted by molar-refractivity contribution is 0.0963. The van der Waals surface area contributed by atoms with Crippen molar-refractivity contribution in [2.45, 2.75) is 13.8 Å². The fourth-order valence-electron chi connectivity index (χ4n) is 4.16. The van der Waals surface area contributed by atoms with Gasteiger partial charge in [0.2, 0.25) is 0 Å². The highest BCUT2D eigenvalue weighted by molar-refractivity contribution is 6.08. The van der Waals surface area contributed by atoms with Crippen molar-refractivity contribution in [2.75, 3.05) is 22.9 Å². The summed E-state index contributed by atoms with van der Waals surface area (Å²) in [5.74, 6) is -2.30. The van der Waals surface area contributed by atoms with Crippen molar-refractivity contribution in [1.82, 2.24) is 0 Å². The molecule has 4 aromatic rings. The molecule has 0 spiro atoms. The van der Waals surface area contributed by atoms with E-state index >= 15 is 0 Å². The third-order valence-corrected chi connectivity index (χ3v) is 6.06. The van der Waals surface area contributed by atoms with E-state index in [0.29, 0.717) is 11.4 Å². The molecule has 0 saturated heterocycles. The number of carbonyl (C=O) groups is 2. The number of carbonyl (C=O) groups excluding carboxylic acids is 2. The molecule has 0 atom stereocenters. The summed E-state index contributed by atoms with van der Waals surface area (Å²) >= 11 is 0. The largest absolute Gasteiger partial charge is 0.306 e. The second-order valence-electron chi connectivity index (χ2n) is 8.45. The normalized spacial score (nSPS) is 10.7. The summed E-state index contributed by atoms with van der Waals surface area (Å²) in [6.07, 6.45) is 0. The molecule has 0 aliphatic heterocycles. The second kappa shape index (κ2) is 11.0. The topological polar surface area (TPSA) is 40.6 Å². The van der Waals surface area contributed by atoms with Crippen molar-refractivity contribution >= 4 is 23.2 Å². The highest BCUT2D eigenvalue weighted by Gasteiger charge is 2.26. The van der Waals surface area contributed by atoms with Crippen LogP contribution >= 0.6 is 0 Å². The zero-order valence-corrected chi connectivity index (χ0v) is 20.1. The Bertz CT molecular complexity index is 1300. The molecule has 4 nitrogen and oxygen atoms in total. The number of benzene rings is 4. The van der Waals surface area contributed by atoms with Gasteiger partial charge in [0.25, 0.3) is 11.8 Å². The van der Waals surface area contributed by atoms with Crippen LogP contribution in [0.4, 0.5) is 20.2 Å². The van der Waals surface area contributed by atoms with Gasteiger partial charge in [-0.3, -0.25) is 9.59 Å². The maximum Gasteiger partial charge on any atom is 0.261 e. The number of para-hydroxylation sites is 2. The van der Waals surface area contributed by atoms with E-state index in [-0.39, 0.29) is 24.2 Å². The van der Waals surface area contributed by atoms with Crippen molar-refractivity contribution in [3.05, 3.63) is 131 Å². The van der Waals surface area contributed by atoms with Crippen molar-refractivity contribution in [1.29, 1.82) is 0 Å². The minimum Gasteiger partial charge on any atom is -0.306 e. The smallest absolute Gasteiger partial charge is 0.261 e. The van der Waals surface area contributed by atoms with Gasteiger partial charge >= 0.3 is 0 Å². The van der Waals surface area contributed by atoms with Crippen LogP contribution in [-0.2, 0) is 0 Å². The first-order valence-electron chi connectivity index (χ1n) is 11.6. The first-order valence-corrected chi connectivity index (χ1v) is 11.6. The second-order valence-corrected chi connectivity index (χ2v) is 8.45. The predicted molar refractivity (Wildman–Crippen MR) is 139 cm³/mol. The Morgan fingerprint density at radius 3 is 1.25 bits per heavy atom. The summed E-state index contributed by atoms with van der Waals surface area (Å²) < 4.78 is 29.1. The molecule has 0 N–H and O–H groups in total. The third kappa shape index (κ3) is 5.18. The molecule has 2 amide bonds. The van der Waals surface area contributed by atoms with Gasteiger partial charge in [-0.15, -0.1) is 0 Å². The zero-order chi connectivity index (χ0) is 25.7. The molecule has 0 aliphatic carbocycles. The molecular formula is C30H26F2N2O2. The molecule has 0 bridgehead atoms. The standard InChI is InChI=1S/C30H26F2N2O2/c1-21-11-3-9-17-27(21)33(29(35)23-13-5-7-15-25(23)31)19-20-34(28-18-10-4-12-22(28)2)30(36)24-14-6-8-16-26(24)32/h3-18H,19-20H2,1-2H3. The number of nitrogens with zero attached hydrogens (tertiary/aromatic N) is 2. The number of rotatable bonds is 7. The number of anilines is 2. The number of aryl methyl sites for hydroxylation is 2. The quantitative estimate of drug-likeness (QED) is 0.297. The Morgan fingerprint density at radius 2 is 0.889 bits per heavy atom. The first kappa shape index (κ1) is 24.8. The van der Waals surface area contributed by atoms with Crippen LogP contribution in [0.2, 0.25) is 0 Å². The van der Waals surface area contributed by atoms with Gasteiger partial charge in [-0.2, -0.15) is 0 Å². The van der Waals surface area contributed by atoms with Gasteiger partial charge in [-0.25, -0.2) is 8.78 Å². The van der Waals surface area contributed by atoms with E-state index in [0.717, 1.165) is 11.1 Å². The van der Waals surface area contributed by atoms with Crippen molar-refractivity contribution in [3.8, 4) is 0 Å². The summed E-state index contributed by atoms with van der Waals surface area (Å²) in [7, 11) is 0. The first-order chi connectivity index (χ1) is 17.4. The van der Waals surface area contributed by atoms with Crippen LogP contribution in [0.15, 0.2) is 97.1 Å². The summed E-state index contributed by atoms with van der Waals surface area (Å²) in [5, 5.41) is 0. The molecule has 0 unspecified atom stereocenters. The SMILES string of the molecule is Cc1ccccc1N(CCN(C(=O)c1ccccc1F)c1ccccc1C)C(=O)c1ccccc1F. The Hall–Kier alpha value is -4.32. The number of hydrogen-bond acceptors (Lipinski definition) is 2. The Morgan fingerprint density at radius 1 is 0.556 bits per heavy atom. The Kier molecular flexibility index (Phi) is 7.54. The van der Waals surface area contributed by atoms with Gasteiger partial charge < -0.3 is 9.80 Å². The van der Waals surface area contributed by atoms with Gasteiger partial charge in [0.05, 0.1) is 11.1 Å². The zero-order valence-electron chi connectivity index (χ0n) is 20.1. The minimum atomic E-state index is -0.626. The lowest BCUT2D eigenvalue weighted by atomic mass is 10.1. The summed E-state index contributed by atoms with van der Waals surface area (Å²) in [6.45, 7) is 3.85. The van der Waals surface area contributed by atoms with Crippen molar-refractivity contribution in [2.24, 2.45) is 0 Å². The van der Waals surface area contributed by atoms with Crippen molar-refractivity contribution < 1.29 is 18.4 Å². The number of hydrogen-bond donors (Lipinski definition) is 0. The van der Waals surface area contributed by atoms with Crippen LogP contribution in [0.25, 0.3) is 0 Å². The average molecular weight is 485 g/mol. The molecule has 4 rings (SSSR count). The maximum atomic E-state index is 14.6. The van der Waals surface area contributed by atoms with Crippen LogP contribution < -0.4 is 9.80 Å². The Labute approximate surface area is 209 Å². The fourth-order valence-corrected chi connectivity index (χ4v) is 4.16. The van der Waals surface area contributed by atoms with Gasteiger partial charge in [0, 0.05) is 24.5 Å². The van der Waals surface area contributed by atoms with Gasteiger partial charge in [-0.05, 0) is 61.4 Å². The van der Waals surface area contributed by atoms with E-state index in [9.17, 15) is 18.4 Å². The molecule has 0 aliphatic rings. The molecule has 0 fully saturated rings. The highest BCUT2D eigenvalue weighted by atomic mass is 19.1. The van der Waals surface area contributed by atoms with Gasteiger partial charge in [-0.1, -0.05) is 60.7 Å². The number of halogens is 2. The summed E-state index contributed by atoms with van der Waals surface area (Å²) in [6, 6.07) is 26.2. The van der Waals surface area contributed by atoms with E-state index in [4.69, 9.17) is 0 Å². The molecule has 0 aromatic heterocycles. The maximum absolute atomic E-state index is 14.6. The van der Waals surface area contributed by atoms with E-state index < -0.39 is 23.4 Å². The monoisotopic (exact) mass is 484 g/mol. The van der Waals surface area contributed by atoms with E-state index in [1.165, 1.54) is 46.2 Å². The lowest BCUT2D eigenvalue weighted by Crippen LogP contribution is -2.42. The molecule has 182 valence electrons. The summed E-state index contributed by atoms with van der Waals surface area (Å²) in [5.41, 5.74) is 2.73. The lowest BCUT2D eigenvalue weighted by Gasteiger charge is -2.30. The van der Waals surface area contributed by atoms with Gasteiger partial charge in [0.1, 0.15) is 11.6 Å². The van der Waals surface area contributed by atoms with E-state index in [1.807, 2.05) is 38.1 Å². The van der Waals surface area contributed by atoms with E-state index in [1.54, 1.807) is 36.4 Å². The minimum absolute atomic E-state index is 0.0621. The average Bonchev–Trinajstić information content (AvgIpc) is 2.88. The third-order valence-electron chi connectivity index (χ3n) is 6.06. The molecule has 36 heavy (non-hydrogen) atoms. The molecule has 0 heterocycles. The summed E-state index contributed by atoms with van der Waals surface area (Å²) in [4.78, 5) is 30.0. The molecule has 0 saturated carbocycles. The van der Waals surface area contributed by atoms with Crippen LogP contribution in [0.1, 0.15) is 31.8 Å².